The molecule has 0 unspecified atom stereocenters. The van der Waals surface area contributed by atoms with Gasteiger partial charge in [0.25, 0.3) is 13.3 Å². The maximum Gasteiger partial charge on any atom is 0.320 e. The van der Waals surface area contributed by atoms with Crippen molar-refractivity contribution in [3.8, 4) is 12.1 Å². The molecule has 0 aromatic rings. The summed E-state index contributed by atoms with van der Waals surface area (Å²) in [5, 5.41) is 17.4. The Bertz CT molecular complexity index is 496. The van der Waals surface area contributed by atoms with Gasteiger partial charge in [0.15, 0.2) is 0 Å². The fourth-order valence-electron chi connectivity index (χ4n) is 2.37. The van der Waals surface area contributed by atoms with Gasteiger partial charge in [-0.25, -0.2) is 17.9 Å². The van der Waals surface area contributed by atoms with Gasteiger partial charge in [0.1, 0.15) is 0 Å². The molecule has 1 rings (SSSR count). The van der Waals surface area contributed by atoms with Crippen LogP contribution < -0.4 is 0 Å². The highest BCUT2D eigenvalue weighted by Gasteiger charge is 2.28. The summed E-state index contributed by atoms with van der Waals surface area (Å²) < 4.78 is 0. The van der Waals surface area contributed by atoms with Gasteiger partial charge in [-0.1, -0.05) is 0 Å². The lowest BCUT2D eigenvalue weighted by Gasteiger charge is -2.22. The molecule has 9 heteroatoms. The van der Waals surface area contributed by atoms with Crippen LogP contribution in [0.2, 0.25) is 0 Å². The van der Waals surface area contributed by atoms with Crippen LogP contribution >= 0.6 is 0 Å². The first kappa shape index (κ1) is 19.2. The minimum atomic E-state index is -0.0746. The van der Waals surface area contributed by atoms with Gasteiger partial charge in [-0.05, 0) is 0 Å². The van der Waals surface area contributed by atoms with E-state index in [0.717, 1.165) is 0 Å². The lowest BCUT2D eigenvalue weighted by molar-refractivity contribution is 0.181. The van der Waals surface area contributed by atoms with Gasteiger partial charge in [-0.2, -0.15) is 15.4 Å². The third kappa shape index (κ3) is 6.10. The third-order valence-electron chi connectivity index (χ3n) is 3.68. The van der Waals surface area contributed by atoms with E-state index >= 15 is 0 Å². The fraction of sp³-hybridized carbons (Fsp3) is 0.667. The molecular formula is C15H20N8O. The molecular weight excluding hydrogens is 308 g/mol. The highest BCUT2D eigenvalue weighted by Crippen LogP contribution is 2.09. The number of rotatable bonds is 10. The van der Waals surface area contributed by atoms with E-state index in [2.05, 4.69) is 9.69 Å². The van der Waals surface area contributed by atoms with Gasteiger partial charge < -0.3 is 9.80 Å². The van der Waals surface area contributed by atoms with Crippen molar-refractivity contribution in [1.82, 2.24) is 19.6 Å². The smallest absolute Gasteiger partial charge is 0.320 e. The first-order valence-corrected chi connectivity index (χ1v) is 7.55. The fourth-order valence-corrected chi connectivity index (χ4v) is 2.37. The van der Waals surface area contributed by atoms with Crippen molar-refractivity contribution < 1.29 is 4.79 Å². The number of nitriles is 2. The van der Waals surface area contributed by atoms with E-state index in [1.165, 1.54) is 0 Å². The van der Waals surface area contributed by atoms with Gasteiger partial charge in [-0.15, -0.1) is 0 Å². The van der Waals surface area contributed by atoms with E-state index in [9.17, 15) is 4.79 Å². The maximum absolute atomic E-state index is 12.3. The van der Waals surface area contributed by atoms with Crippen LogP contribution in [0.15, 0.2) is 0 Å². The second-order valence-electron chi connectivity index (χ2n) is 5.28. The molecule has 0 N–H and O–H groups in total. The number of nitrogens with zero attached hydrogens (tertiary/aromatic N) is 8. The number of amides is 2. The molecule has 1 fully saturated rings. The van der Waals surface area contributed by atoms with Gasteiger partial charge in [0, 0.05) is 39.3 Å². The molecule has 0 spiro atoms. The minimum absolute atomic E-state index is 0.0746. The summed E-state index contributed by atoms with van der Waals surface area (Å²) in [5.41, 5.74) is 0. The highest BCUT2D eigenvalue weighted by atomic mass is 16.2. The average molecular weight is 328 g/mol. The Kier molecular flexibility index (Phi) is 8.64. The van der Waals surface area contributed by atoms with Crippen molar-refractivity contribution >= 4 is 6.03 Å². The second kappa shape index (κ2) is 10.8. The molecule has 1 aliphatic rings. The van der Waals surface area contributed by atoms with Gasteiger partial charge in [0.05, 0.1) is 25.2 Å². The van der Waals surface area contributed by atoms with Crippen molar-refractivity contribution in [3.05, 3.63) is 22.8 Å². The molecule has 1 saturated heterocycles. The lowest BCUT2D eigenvalue weighted by atomic mass is 10.4. The molecule has 24 heavy (non-hydrogen) atoms. The molecule has 0 saturated carbocycles. The van der Waals surface area contributed by atoms with Crippen LogP contribution in [0, 0.1) is 35.8 Å². The Morgan fingerprint density at radius 1 is 0.958 bits per heavy atom. The summed E-state index contributed by atoms with van der Waals surface area (Å²) in [7, 11) is 0. The Morgan fingerprint density at radius 2 is 1.42 bits per heavy atom. The van der Waals surface area contributed by atoms with E-state index in [0.29, 0.717) is 39.3 Å². The quantitative estimate of drug-likeness (QED) is 0.420. The molecule has 2 amide bonds. The minimum Gasteiger partial charge on any atom is -0.322 e. The Balaban J connectivity index is 2.42. The molecule has 1 aliphatic heterocycles. The molecule has 0 bridgehead atoms. The van der Waals surface area contributed by atoms with Crippen molar-refractivity contribution in [1.29, 1.82) is 10.5 Å². The molecule has 0 atom stereocenters. The lowest BCUT2D eigenvalue weighted by Crippen LogP contribution is -2.40. The van der Waals surface area contributed by atoms with Crippen LogP contribution in [-0.4, -0.2) is 91.3 Å². The number of carbonyl (C=O) groups excluding carboxylic acids is 1. The zero-order valence-corrected chi connectivity index (χ0v) is 13.6. The van der Waals surface area contributed by atoms with Crippen LogP contribution in [0.1, 0.15) is 0 Å². The first-order chi connectivity index (χ1) is 11.7. The average Bonchev–Trinajstić information content (AvgIpc) is 2.91. The molecule has 0 aromatic carbocycles. The molecule has 0 aromatic heterocycles. The Labute approximate surface area is 142 Å². The van der Waals surface area contributed by atoms with Crippen LogP contribution in [0.4, 0.5) is 4.79 Å². The van der Waals surface area contributed by atoms with Crippen LogP contribution in [0.25, 0.3) is 9.69 Å². The SMILES string of the molecule is [C-]#[N+]CN(CCN1CCN(CCN(CC#N)CC#N)C1=O)C[N+]#[C-]. The second-order valence-corrected chi connectivity index (χ2v) is 5.28. The van der Waals surface area contributed by atoms with Crippen molar-refractivity contribution in [2.24, 2.45) is 0 Å². The van der Waals surface area contributed by atoms with Crippen molar-refractivity contribution in [2.45, 2.75) is 0 Å². The summed E-state index contributed by atoms with van der Waals surface area (Å²) >= 11 is 0. The number of urea groups is 1. The molecule has 1 heterocycles. The predicted octanol–water partition coefficient (Wildman–Crippen LogP) is 0.129. The van der Waals surface area contributed by atoms with Gasteiger partial charge >= 0.3 is 6.03 Å². The third-order valence-corrected chi connectivity index (χ3v) is 3.68. The summed E-state index contributed by atoms with van der Waals surface area (Å²) in [6, 6.07) is 3.95. The van der Waals surface area contributed by atoms with E-state index < -0.39 is 0 Å². The van der Waals surface area contributed by atoms with Gasteiger partial charge in [-0.3, -0.25) is 14.6 Å². The first-order valence-electron chi connectivity index (χ1n) is 7.55. The van der Waals surface area contributed by atoms with Crippen LogP contribution in [-0.2, 0) is 0 Å². The van der Waals surface area contributed by atoms with E-state index in [1.807, 2.05) is 12.1 Å². The molecule has 126 valence electrons. The zero-order chi connectivity index (χ0) is 17.8. The standard InChI is InChI=1S/C15H20N8O/c1-18-13-21(14-19-2)8-10-23-12-11-22(15(23)24)9-7-20(5-3-16)6-4-17/h5-14H2. The van der Waals surface area contributed by atoms with Crippen LogP contribution in [0.5, 0.6) is 0 Å². The number of carbonyl (C=O) groups is 1. The highest BCUT2D eigenvalue weighted by molar-refractivity contribution is 5.76. The van der Waals surface area contributed by atoms with Crippen molar-refractivity contribution in [3.63, 3.8) is 0 Å². The van der Waals surface area contributed by atoms with E-state index in [4.69, 9.17) is 23.7 Å². The van der Waals surface area contributed by atoms with Crippen LogP contribution in [0.3, 0.4) is 0 Å². The largest absolute Gasteiger partial charge is 0.322 e. The normalized spacial score (nSPS) is 13.7. The topological polar surface area (TPSA) is 86.3 Å². The Hall–Kier alpha value is -2.85. The van der Waals surface area contributed by atoms with Crippen molar-refractivity contribution in [2.75, 3.05) is 65.7 Å². The van der Waals surface area contributed by atoms with Gasteiger partial charge in [0.2, 0.25) is 0 Å². The van der Waals surface area contributed by atoms with E-state index in [-0.39, 0.29) is 32.5 Å². The monoisotopic (exact) mass is 328 g/mol. The zero-order valence-electron chi connectivity index (χ0n) is 13.6. The maximum atomic E-state index is 12.3. The van der Waals surface area contributed by atoms with E-state index in [1.54, 1.807) is 19.6 Å². The Morgan fingerprint density at radius 3 is 1.83 bits per heavy atom. The summed E-state index contributed by atoms with van der Waals surface area (Å²) in [6.07, 6.45) is 0. The molecule has 9 nitrogen and oxygen atoms in total. The molecule has 0 aliphatic carbocycles. The number of hydrogen-bond donors (Lipinski definition) is 0. The molecule has 0 radical (unpaired) electrons. The summed E-state index contributed by atoms with van der Waals surface area (Å²) in [4.78, 5) is 25.7. The summed E-state index contributed by atoms with van der Waals surface area (Å²) in [5.74, 6) is 0. The number of hydrogen-bond acceptors (Lipinski definition) is 5. The summed E-state index contributed by atoms with van der Waals surface area (Å²) in [6.45, 7) is 17.6. The predicted molar refractivity (Wildman–Crippen MR) is 85.9 cm³/mol.